The molecule has 1 unspecified atom stereocenters. The van der Waals surface area contributed by atoms with E-state index in [9.17, 15) is 4.79 Å². The second kappa shape index (κ2) is 9.04. The number of thioether (sulfide) groups is 1. The molecule has 7 heteroatoms. The molecular weight excluding hydrogens is 420 g/mol. The summed E-state index contributed by atoms with van der Waals surface area (Å²) >= 11 is 1.44. The lowest BCUT2D eigenvalue weighted by molar-refractivity contribution is -0.120. The van der Waals surface area contributed by atoms with Crippen molar-refractivity contribution < 1.29 is 9.21 Å². The van der Waals surface area contributed by atoms with Gasteiger partial charge in [0, 0.05) is 6.04 Å². The number of benzene rings is 2. The lowest BCUT2D eigenvalue weighted by Gasteiger charge is -2.17. The van der Waals surface area contributed by atoms with Crippen molar-refractivity contribution in [1.29, 1.82) is 0 Å². The van der Waals surface area contributed by atoms with Gasteiger partial charge in [0.05, 0.1) is 18.4 Å². The summed E-state index contributed by atoms with van der Waals surface area (Å²) in [6, 6.07) is 22.3. The molecule has 1 fully saturated rings. The minimum atomic E-state index is -0.408. The molecule has 0 saturated heterocycles. The van der Waals surface area contributed by atoms with Crippen LogP contribution in [0.25, 0.3) is 11.4 Å². The molecule has 0 spiro atoms. The van der Waals surface area contributed by atoms with E-state index in [2.05, 4.69) is 32.2 Å². The van der Waals surface area contributed by atoms with Crippen LogP contribution in [0, 0.1) is 6.92 Å². The van der Waals surface area contributed by atoms with Gasteiger partial charge in [-0.25, -0.2) is 0 Å². The van der Waals surface area contributed by atoms with Gasteiger partial charge in [-0.05, 0) is 37.0 Å². The number of aromatic nitrogens is 3. The molecule has 0 aliphatic heterocycles. The van der Waals surface area contributed by atoms with Gasteiger partial charge >= 0.3 is 0 Å². The predicted molar refractivity (Wildman–Crippen MR) is 124 cm³/mol. The van der Waals surface area contributed by atoms with Gasteiger partial charge in [0.15, 0.2) is 11.0 Å². The molecule has 2 aromatic heterocycles. The van der Waals surface area contributed by atoms with Crippen LogP contribution in [0.2, 0.25) is 0 Å². The number of carbonyl (C=O) groups excluding carboxylic acids is 1. The minimum absolute atomic E-state index is 0.0130. The quantitative estimate of drug-likeness (QED) is 0.387. The van der Waals surface area contributed by atoms with Crippen LogP contribution < -0.4 is 5.32 Å². The smallest absolute Gasteiger partial charge is 0.238 e. The second-order valence-electron chi connectivity index (χ2n) is 7.96. The third-order valence-electron chi connectivity index (χ3n) is 5.49. The van der Waals surface area contributed by atoms with Crippen LogP contribution in [0.3, 0.4) is 0 Å². The number of furan rings is 1. The Morgan fingerprint density at radius 3 is 2.47 bits per heavy atom. The molecule has 1 N–H and O–H groups in total. The SMILES string of the molecule is Cc1occc1-c1nnc(SC(C(=O)NC2CC2)c2ccccc2)n1Cc1ccccc1. The van der Waals surface area contributed by atoms with Crippen LogP contribution in [0.4, 0.5) is 0 Å². The molecule has 32 heavy (non-hydrogen) atoms. The van der Waals surface area contributed by atoms with E-state index in [-0.39, 0.29) is 5.91 Å². The number of amides is 1. The molecule has 0 bridgehead atoms. The van der Waals surface area contributed by atoms with Crippen LogP contribution >= 0.6 is 11.8 Å². The van der Waals surface area contributed by atoms with E-state index in [1.54, 1.807) is 6.26 Å². The van der Waals surface area contributed by atoms with Crippen molar-refractivity contribution in [3.63, 3.8) is 0 Å². The summed E-state index contributed by atoms with van der Waals surface area (Å²) in [5.41, 5.74) is 2.99. The Hall–Kier alpha value is -3.32. The molecule has 1 atom stereocenters. The summed E-state index contributed by atoms with van der Waals surface area (Å²) in [5.74, 6) is 1.53. The number of carbonyl (C=O) groups is 1. The molecule has 2 heterocycles. The standard InChI is InChI=1S/C25H24N4O2S/c1-17-21(14-15-31-17)23-27-28-25(29(23)16-18-8-4-2-5-9-18)32-22(19-10-6-3-7-11-19)24(30)26-20-12-13-20/h2-11,14-15,20,22H,12-13,16H2,1H3,(H,26,30). The Kier molecular flexibility index (Phi) is 5.81. The zero-order valence-corrected chi connectivity index (χ0v) is 18.6. The number of rotatable bonds is 8. The lowest BCUT2D eigenvalue weighted by Crippen LogP contribution is -2.30. The molecular formula is C25H24N4O2S. The highest BCUT2D eigenvalue weighted by Gasteiger charge is 2.31. The van der Waals surface area contributed by atoms with E-state index < -0.39 is 5.25 Å². The lowest BCUT2D eigenvalue weighted by atomic mass is 10.1. The van der Waals surface area contributed by atoms with E-state index >= 15 is 0 Å². The Morgan fingerprint density at radius 2 is 1.81 bits per heavy atom. The Morgan fingerprint density at radius 1 is 1.09 bits per heavy atom. The van der Waals surface area contributed by atoms with E-state index in [1.165, 1.54) is 11.8 Å². The van der Waals surface area contributed by atoms with Crippen molar-refractivity contribution in [2.75, 3.05) is 0 Å². The average Bonchev–Trinajstić information content (AvgIpc) is 3.40. The fourth-order valence-electron chi connectivity index (χ4n) is 3.61. The normalized spacial score (nSPS) is 14.3. The Balaban J connectivity index is 1.53. The molecule has 1 aliphatic carbocycles. The van der Waals surface area contributed by atoms with E-state index in [4.69, 9.17) is 4.42 Å². The first kappa shape index (κ1) is 20.6. The van der Waals surface area contributed by atoms with Crippen LogP contribution in [0.5, 0.6) is 0 Å². The highest BCUT2D eigenvalue weighted by molar-refractivity contribution is 8.00. The summed E-state index contributed by atoms with van der Waals surface area (Å²) < 4.78 is 7.59. The number of aryl methyl sites for hydroxylation is 1. The summed E-state index contributed by atoms with van der Waals surface area (Å²) in [6.45, 7) is 2.52. The fraction of sp³-hybridized carbons (Fsp3) is 0.240. The van der Waals surface area contributed by atoms with Gasteiger partial charge in [0.2, 0.25) is 5.91 Å². The maximum absolute atomic E-state index is 13.2. The first-order valence-electron chi connectivity index (χ1n) is 10.7. The zero-order chi connectivity index (χ0) is 21.9. The van der Waals surface area contributed by atoms with Crippen LogP contribution in [0.15, 0.2) is 82.6 Å². The molecule has 1 amide bonds. The topological polar surface area (TPSA) is 72.9 Å². The van der Waals surface area contributed by atoms with Crippen molar-refractivity contribution >= 4 is 17.7 Å². The summed E-state index contributed by atoms with van der Waals surface area (Å²) in [4.78, 5) is 13.2. The summed E-state index contributed by atoms with van der Waals surface area (Å²) in [6.07, 6.45) is 3.76. The van der Waals surface area contributed by atoms with E-state index in [0.717, 1.165) is 41.1 Å². The highest BCUT2D eigenvalue weighted by atomic mass is 32.2. The number of hydrogen-bond donors (Lipinski definition) is 1. The van der Waals surface area contributed by atoms with Gasteiger partial charge in [-0.15, -0.1) is 10.2 Å². The Labute approximate surface area is 191 Å². The molecule has 0 radical (unpaired) electrons. The van der Waals surface area contributed by atoms with Gasteiger partial charge in [0.1, 0.15) is 11.0 Å². The van der Waals surface area contributed by atoms with Crippen molar-refractivity contribution in [1.82, 2.24) is 20.1 Å². The molecule has 4 aromatic rings. The zero-order valence-electron chi connectivity index (χ0n) is 17.8. The average molecular weight is 445 g/mol. The van der Waals surface area contributed by atoms with Crippen LogP contribution in [-0.2, 0) is 11.3 Å². The van der Waals surface area contributed by atoms with Gasteiger partial charge in [-0.1, -0.05) is 72.4 Å². The first-order valence-corrected chi connectivity index (χ1v) is 11.6. The highest BCUT2D eigenvalue weighted by Crippen LogP contribution is 2.37. The number of nitrogens with one attached hydrogen (secondary N) is 1. The molecule has 1 saturated carbocycles. The molecule has 5 rings (SSSR count). The maximum atomic E-state index is 13.2. The molecule has 1 aliphatic rings. The third-order valence-corrected chi connectivity index (χ3v) is 6.72. The van der Waals surface area contributed by atoms with Gasteiger partial charge < -0.3 is 9.73 Å². The van der Waals surface area contributed by atoms with E-state index in [1.807, 2.05) is 61.5 Å². The third kappa shape index (κ3) is 4.48. The minimum Gasteiger partial charge on any atom is -0.469 e. The monoisotopic (exact) mass is 444 g/mol. The van der Waals surface area contributed by atoms with Crippen molar-refractivity contribution in [3.05, 3.63) is 89.9 Å². The maximum Gasteiger partial charge on any atom is 0.238 e. The van der Waals surface area contributed by atoms with Crippen LogP contribution in [0.1, 0.15) is 35.0 Å². The molecule has 6 nitrogen and oxygen atoms in total. The van der Waals surface area contributed by atoms with Crippen LogP contribution in [-0.4, -0.2) is 26.7 Å². The van der Waals surface area contributed by atoms with E-state index in [0.29, 0.717) is 17.7 Å². The van der Waals surface area contributed by atoms with Crippen molar-refractivity contribution in [3.8, 4) is 11.4 Å². The van der Waals surface area contributed by atoms with Gasteiger partial charge in [-0.3, -0.25) is 9.36 Å². The molecule has 2 aromatic carbocycles. The molecule has 162 valence electrons. The van der Waals surface area contributed by atoms with Crippen molar-refractivity contribution in [2.45, 2.75) is 42.8 Å². The second-order valence-corrected chi connectivity index (χ2v) is 9.03. The summed E-state index contributed by atoms with van der Waals surface area (Å²) in [5, 5.41) is 12.4. The number of nitrogens with zero attached hydrogens (tertiary/aromatic N) is 3. The fourth-order valence-corrected chi connectivity index (χ4v) is 4.66. The van der Waals surface area contributed by atoms with Gasteiger partial charge in [-0.2, -0.15) is 0 Å². The summed E-state index contributed by atoms with van der Waals surface area (Å²) in [7, 11) is 0. The first-order chi connectivity index (χ1) is 15.7. The van der Waals surface area contributed by atoms with Crippen molar-refractivity contribution in [2.24, 2.45) is 0 Å². The Bertz CT molecular complexity index is 1200. The number of hydrogen-bond acceptors (Lipinski definition) is 5. The predicted octanol–water partition coefficient (Wildman–Crippen LogP) is 5.01. The van der Waals surface area contributed by atoms with Gasteiger partial charge in [0.25, 0.3) is 0 Å². The largest absolute Gasteiger partial charge is 0.469 e.